The molecule has 2 aromatic heterocycles. The fraction of sp³-hybridized carbons (Fsp3) is 0.105. The largest absolute Gasteiger partial charge is 0.444 e. The lowest BCUT2D eigenvalue weighted by atomic mass is 10.2. The molecule has 0 aliphatic carbocycles. The molecule has 0 bridgehead atoms. The van der Waals surface area contributed by atoms with E-state index in [1.807, 2.05) is 54.6 Å². The van der Waals surface area contributed by atoms with Crippen LogP contribution in [0.2, 0.25) is 5.02 Å². The maximum atomic E-state index is 5.91. The Morgan fingerprint density at radius 3 is 2.62 bits per heavy atom. The summed E-state index contributed by atoms with van der Waals surface area (Å²) < 4.78 is 5.54. The predicted octanol–water partition coefficient (Wildman–Crippen LogP) is 5.05. The van der Waals surface area contributed by atoms with Crippen molar-refractivity contribution < 1.29 is 4.42 Å². The average molecular weight is 383 g/mol. The number of rotatable bonds is 6. The Bertz CT molecular complexity index is 982. The van der Waals surface area contributed by atoms with Crippen molar-refractivity contribution >= 4 is 28.1 Å². The maximum absolute atomic E-state index is 5.91. The van der Waals surface area contributed by atoms with Gasteiger partial charge in [0.15, 0.2) is 0 Å². The summed E-state index contributed by atoms with van der Waals surface area (Å²) in [7, 11) is 0. The summed E-state index contributed by atoms with van der Waals surface area (Å²) in [6, 6.07) is 17.6. The van der Waals surface area contributed by atoms with Gasteiger partial charge in [0.1, 0.15) is 11.3 Å². The molecule has 2 aromatic carbocycles. The van der Waals surface area contributed by atoms with Crippen molar-refractivity contribution in [2.24, 2.45) is 0 Å². The SMILES string of the molecule is Clc1ccc(Cc2nnc(NCc3coc(-c4ccccc4)n3)s2)cc1. The molecule has 0 fully saturated rings. The monoisotopic (exact) mass is 382 g/mol. The number of benzene rings is 2. The molecule has 1 N–H and O–H groups in total. The molecular weight excluding hydrogens is 368 g/mol. The highest BCUT2D eigenvalue weighted by Gasteiger charge is 2.08. The van der Waals surface area contributed by atoms with Gasteiger partial charge in [-0.3, -0.25) is 0 Å². The second-order valence-electron chi connectivity index (χ2n) is 5.67. The Kier molecular flexibility index (Phi) is 4.95. The van der Waals surface area contributed by atoms with Gasteiger partial charge < -0.3 is 9.73 Å². The zero-order valence-electron chi connectivity index (χ0n) is 13.7. The van der Waals surface area contributed by atoms with Crippen molar-refractivity contribution in [3.63, 3.8) is 0 Å². The molecular formula is C19H15ClN4OS. The van der Waals surface area contributed by atoms with Crippen molar-refractivity contribution in [2.45, 2.75) is 13.0 Å². The van der Waals surface area contributed by atoms with Gasteiger partial charge in [0.25, 0.3) is 0 Å². The summed E-state index contributed by atoms with van der Waals surface area (Å²) in [5.41, 5.74) is 2.93. The molecule has 7 heteroatoms. The third-order valence-electron chi connectivity index (χ3n) is 3.73. The number of hydrogen-bond donors (Lipinski definition) is 1. The van der Waals surface area contributed by atoms with Crippen LogP contribution in [0.5, 0.6) is 0 Å². The molecule has 2 heterocycles. The standard InChI is InChI=1S/C19H15ClN4OS/c20-15-8-6-13(7-9-15)10-17-23-24-19(26-17)21-11-16-12-25-18(22-16)14-4-2-1-3-5-14/h1-9,12H,10-11H2,(H,21,24). The lowest BCUT2D eigenvalue weighted by Gasteiger charge is -1.98. The van der Waals surface area contributed by atoms with Crippen LogP contribution >= 0.6 is 22.9 Å². The molecule has 0 saturated carbocycles. The van der Waals surface area contributed by atoms with Crippen LogP contribution in [-0.4, -0.2) is 15.2 Å². The van der Waals surface area contributed by atoms with E-state index in [0.29, 0.717) is 12.4 Å². The Morgan fingerprint density at radius 1 is 1.00 bits per heavy atom. The molecule has 130 valence electrons. The van der Waals surface area contributed by atoms with Crippen LogP contribution in [0.15, 0.2) is 65.3 Å². The van der Waals surface area contributed by atoms with E-state index in [9.17, 15) is 0 Å². The fourth-order valence-corrected chi connectivity index (χ4v) is 3.34. The zero-order valence-corrected chi connectivity index (χ0v) is 15.3. The summed E-state index contributed by atoms with van der Waals surface area (Å²) in [5, 5.41) is 14.1. The molecule has 4 aromatic rings. The van der Waals surface area contributed by atoms with E-state index in [1.54, 1.807) is 6.26 Å². The summed E-state index contributed by atoms with van der Waals surface area (Å²) in [4.78, 5) is 4.49. The summed E-state index contributed by atoms with van der Waals surface area (Å²) in [6.45, 7) is 0.534. The normalized spacial score (nSPS) is 10.8. The summed E-state index contributed by atoms with van der Waals surface area (Å²) >= 11 is 7.44. The number of halogens is 1. The molecule has 5 nitrogen and oxygen atoms in total. The maximum Gasteiger partial charge on any atom is 0.226 e. The highest BCUT2D eigenvalue weighted by Crippen LogP contribution is 2.21. The fourth-order valence-electron chi connectivity index (χ4n) is 2.44. The summed E-state index contributed by atoms with van der Waals surface area (Å²) in [5.74, 6) is 0.614. The highest BCUT2D eigenvalue weighted by molar-refractivity contribution is 7.15. The first-order valence-electron chi connectivity index (χ1n) is 8.07. The van der Waals surface area contributed by atoms with E-state index in [1.165, 1.54) is 11.3 Å². The van der Waals surface area contributed by atoms with Crippen LogP contribution in [0.25, 0.3) is 11.5 Å². The van der Waals surface area contributed by atoms with Gasteiger partial charge in [0, 0.05) is 17.0 Å². The lowest BCUT2D eigenvalue weighted by molar-refractivity contribution is 0.573. The van der Waals surface area contributed by atoms with Gasteiger partial charge in [-0.05, 0) is 29.8 Å². The number of nitrogens with zero attached hydrogens (tertiary/aromatic N) is 3. The van der Waals surface area contributed by atoms with Gasteiger partial charge >= 0.3 is 0 Å². The Hall–Kier alpha value is -2.70. The van der Waals surface area contributed by atoms with Crippen LogP contribution in [0.4, 0.5) is 5.13 Å². The molecule has 0 radical (unpaired) electrons. The van der Waals surface area contributed by atoms with E-state index in [4.69, 9.17) is 16.0 Å². The minimum Gasteiger partial charge on any atom is -0.444 e. The Balaban J connectivity index is 1.36. The molecule has 26 heavy (non-hydrogen) atoms. The lowest BCUT2D eigenvalue weighted by Crippen LogP contribution is -1.99. The third kappa shape index (κ3) is 4.09. The summed E-state index contributed by atoms with van der Waals surface area (Å²) in [6.07, 6.45) is 2.39. The van der Waals surface area contributed by atoms with Gasteiger partial charge in [-0.2, -0.15) is 0 Å². The minimum atomic E-state index is 0.534. The van der Waals surface area contributed by atoms with Crippen LogP contribution in [-0.2, 0) is 13.0 Å². The van der Waals surface area contributed by atoms with Crippen LogP contribution in [0, 0.1) is 0 Å². The molecule has 0 saturated heterocycles. The highest BCUT2D eigenvalue weighted by atomic mass is 35.5. The van der Waals surface area contributed by atoms with E-state index in [2.05, 4.69) is 20.5 Å². The first kappa shape index (κ1) is 16.8. The van der Waals surface area contributed by atoms with E-state index < -0.39 is 0 Å². The second-order valence-corrected chi connectivity index (χ2v) is 7.17. The van der Waals surface area contributed by atoms with Gasteiger partial charge in [0.05, 0.1) is 12.2 Å². The number of hydrogen-bond acceptors (Lipinski definition) is 6. The van der Waals surface area contributed by atoms with E-state index in [-0.39, 0.29) is 0 Å². The van der Waals surface area contributed by atoms with Crippen molar-refractivity contribution in [3.05, 3.63) is 82.1 Å². The molecule has 0 aliphatic heterocycles. The zero-order chi connectivity index (χ0) is 17.8. The average Bonchev–Trinajstić information content (AvgIpc) is 3.32. The van der Waals surface area contributed by atoms with E-state index >= 15 is 0 Å². The van der Waals surface area contributed by atoms with Crippen LogP contribution in [0.3, 0.4) is 0 Å². The van der Waals surface area contributed by atoms with Gasteiger partial charge in [-0.15, -0.1) is 10.2 Å². The molecule has 0 atom stereocenters. The number of oxazole rings is 1. The molecule has 4 rings (SSSR count). The molecule has 0 unspecified atom stereocenters. The van der Waals surface area contributed by atoms with Crippen molar-refractivity contribution in [1.29, 1.82) is 0 Å². The molecule has 0 spiro atoms. The Morgan fingerprint density at radius 2 is 1.81 bits per heavy atom. The van der Waals surface area contributed by atoms with Crippen LogP contribution in [0.1, 0.15) is 16.3 Å². The van der Waals surface area contributed by atoms with Gasteiger partial charge in [-0.1, -0.05) is 53.3 Å². The Labute approximate surface area is 159 Å². The quantitative estimate of drug-likeness (QED) is 0.505. The predicted molar refractivity (Wildman–Crippen MR) is 103 cm³/mol. The molecule has 0 aliphatic rings. The molecule has 0 amide bonds. The number of nitrogens with one attached hydrogen (secondary N) is 1. The van der Waals surface area contributed by atoms with Gasteiger partial charge in [0.2, 0.25) is 11.0 Å². The van der Waals surface area contributed by atoms with E-state index in [0.717, 1.165) is 38.4 Å². The number of aromatic nitrogens is 3. The first-order chi connectivity index (χ1) is 12.8. The second kappa shape index (κ2) is 7.68. The third-order valence-corrected chi connectivity index (χ3v) is 4.86. The minimum absolute atomic E-state index is 0.534. The topological polar surface area (TPSA) is 63.8 Å². The van der Waals surface area contributed by atoms with Crippen molar-refractivity contribution in [2.75, 3.05) is 5.32 Å². The van der Waals surface area contributed by atoms with Crippen LogP contribution < -0.4 is 5.32 Å². The van der Waals surface area contributed by atoms with Gasteiger partial charge in [-0.25, -0.2) is 4.98 Å². The van der Waals surface area contributed by atoms with Crippen molar-refractivity contribution in [3.8, 4) is 11.5 Å². The van der Waals surface area contributed by atoms with Crippen molar-refractivity contribution in [1.82, 2.24) is 15.2 Å². The first-order valence-corrected chi connectivity index (χ1v) is 9.26. The smallest absolute Gasteiger partial charge is 0.226 e. The number of anilines is 1.